The number of benzene rings is 1. The van der Waals surface area contributed by atoms with E-state index in [1.807, 2.05) is 0 Å². The Hall–Kier alpha value is -0.261. The van der Waals surface area contributed by atoms with E-state index >= 15 is 0 Å². The van der Waals surface area contributed by atoms with Crippen LogP contribution in [0.3, 0.4) is 0 Å². The van der Waals surface area contributed by atoms with Gasteiger partial charge < -0.3 is 0 Å². The molecule has 14 heavy (non-hydrogen) atoms. The molecule has 1 aliphatic rings. The molecular formula is C13H18Se. The first-order valence-corrected chi connectivity index (χ1v) is 7.51. The van der Waals surface area contributed by atoms with E-state index in [4.69, 9.17) is 0 Å². The Morgan fingerprint density at radius 1 is 0.857 bits per heavy atom. The second-order valence-corrected chi connectivity index (χ2v) is 6.93. The van der Waals surface area contributed by atoms with E-state index in [-0.39, 0.29) is 0 Å². The molecule has 1 aromatic carbocycles. The second kappa shape index (κ2) is 5.58. The molecule has 0 spiro atoms. The molecule has 0 atom stereocenters. The molecule has 76 valence electrons. The van der Waals surface area contributed by atoms with Crippen molar-refractivity contribution >= 4 is 19.4 Å². The molecule has 1 heteroatoms. The van der Waals surface area contributed by atoms with Crippen molar-refractivity contribution in [1.82, 2.24) is 0 Å². The molecule has 0 aromatic heterocycles. The maximum atomic E-state index is 2.30. The van der Waals surface area contributed by atoms with Gasteiger partial charge in [-0.3, -0.25) is 0 Å². The van der Waals surface area contributed by atoms with Crippen LogP contribution in [0.4, 0.5) is 0 Å². The summed E-state index contributed by atoms with van der Waals surface area (Å²) in [6, 6.07) is 11.1. The van der Waals surface area contributed by atoms with Gasteiger partial charge in [-0.25, -0.2) is 0 Å². The van der Waals surface area contributed by atoms with Gasteiger partial charge in [0, 0.05) is 0 Å². The summed E-state index contributed by atoms with van der Waals surface area (Å²) in [7, 11) is 0. The summed E-state index contributed by atoms with van der Waals surface area (Å²) in [5.41, 5.74) is 0. The Kier molecular flexibility index (Phi) is 4.09. The quantitative estimate of drug-likeness (QED) is 0.561. The first-order valence-electron chi connectivity index (χ1n) is 5.67. The molecular weight excluding hydrogens is 235 g/mol. The first kappa shape index (κ1) is 10.3. The van der Waals surface area contributed by atoms with E-state index < -0.39 is 0 Å². The topological polar surface area (TPSA) is 0 Å². The number of hydrogen-bond acceptors (Lipinski definition) is 0. The molecule has 0 unspecified atom stereocenters. The van der Waals surface area contributed by atoms with E-state index in [0.29, 0.717) is 0 Å². The summed E-state index contributed by atoms with van der Waals surface area (Å²) < 4.78 is 1.59. The second-order valence-electron chi connectivity index (χ2n) is 4.04. The van der Waals surface area contributed by atoms with Crippen molar-refractivity contribution < 1.29 is 0 Å². The Labute approximate surface area is 93.3 Å². The van der Waals surface area contributed by atoms with E-state index in [1.54, 1.807) is 4.46 Å². The molecule has 0 nitrogen and oxygen atoms in total. The molecule has 0 heterocycles. The van der Waals surface area contributed by atoms with Crippen LogP contribution in [0.15, 0.2) is 30.3 Å². The third kappa shape index (κ3) is 3.15. The third-order valence-corrected chi connectivity index (χ3v) is 5.68. The van der Waals surface area contributed by atoms with E-state index in [1.165, 1.54) is 38.5 Å². The fourth-order valence-corrected chi connectivity index (χ4v) is 4.71. The summed E-state index contributed by atoms with van der Waals surface area (Å²) in [5, 5.41) is 0. The van der Waals surface area contributed by atoms with Crippen LogP contribution in [0.25, 0.3) is 0 Å². The van der Waals surface area contributed by atoms with Gasteiger partial charge in [0.15, 0.2) is 0 Å². The Bertz CT molecular complexity index is 247. The molecule has 1 saturated carbocycles. The summed E-state index contributed by atoms with van der Waals surface area (Å²) in [4.78, 5) is 1.02. The normalized spacial score (nSPS) is 19.1. The van der Waals surface area contributed by atoms with E-state index in [9.17, 15) is 0 Å². The van der Waals surface area contributed by atoms with Crippen LogP contribution in [0, 0.1) is 0 Å². The fourth-order valence-electron chi connectivity index (χ4n) is 2.05. The van der Waals surface area contributed by atoms with Gasteiger partial charge >= 0.3 is 93.1 Å². The SMILES string of the molecule is c1ccc([Se]C2CCCCCC2)cc1. The number of rotatable bonds is 2. The summed E-state index contributed by atoms with van der Waals surface area (Å²) >= 11 is 0.728. The predicted octanol–water partition coefficient (Wildman–Crippen LogP) is 3.16. The maximum absolute atomic E-state index is 2.30. The van der Waals surface area contributed by atoms with Crippen LogP contribution in [-0.4, -0.2) is 15.0 Å². The first-order chi connectivity index (χ1) is 6.95. The van der Waals surface area contributed by atoms with Crippen molar-refractivity contribution in [2.75, 3.05) is 0 Å². The third-order valence-electron chi connectivity index (χ3n) is 2.85. The van der Waals surface area contributed by atoms with Gasteiger partial charge in [-0.05, 0) is 0 Å². The van der Waals surface area contributed by atoms with E-state index in [0.717, 1.165) is 19.8 Å². The van der Waals surface area contributed by atoms with Gasteiger partial charge in [0.25, 0.3) is 0 Å². The minimum atomic E-state index is 0.728. The molecule has 0 radical (unpaired) electrons. The van der Waals surface area contributed by atoms with Gasteiger partial charge in [0.05, 0.1) is 0 Å². The molecule has 0 aliphatic heterocycles. The molecule has 0 bridgehead atoms. The van der Waals surface area contributed by atoms with Crippen molar-refractivity contribution in [2.24, 2.45) is 0 Å². The van der Waals surface area contributed by atoms with E-state index in [2.05, 4.69) is 30.3 Å². The van der Waals surface area contributed by atoms with Gasteiger partial charge in [-0.15, -0.1) is 0 Å². The van der Waals surface area contributed by atoms with Crippen LogP contribution < -0.4 is 4.46 Å². The van der Waals surface area contributed by atoms with Crippen molar-refractivity contribution in [2.45, 2.75) is 43.3 Å². The zero-order chi connectivity index (χ0) is 9.64. The zero-order valence-corrected chi connectivity index (χ0v) is 10.3. The Morgan fingerprint density at radius 2 is 1.50 bits per heavy atom. The van der Waals surface area contributed by atoms with Crippen LogP contribution in [0.1, 0.15) is 38.5 Å². The summed E-state index contributed by atoms with van der Waals surface area (Å²) in [6.07, 6.45) is 8.85. The summed E-state index contributed by atoms with van der Waals surface area (Å²) in [5.74, 6) is 0. The van der Waals surface area contributed by atoms with Gasteiger partial charge in [0.2, 0.25) is 0 Å². The molecule has 0 saturated heterocycles. The average molecular weight is 253 g/mol. The fraction of sp³-hybridized carbons (Fsp3) is 0.538. The van der Waals surface area contributed by atoms with Crippen LogP contribution in [-0.2, 0) is 0 Å². The average Bonchev–Trinajstić information content (AvgIpc) is 2.48. The molecule has 0 N–H and O–H groups in total. The Balaban J connectivity index is 1.90. The Morgan fingerprint density at radius 3 is 2.14 bits per heavy atom. The summed E-state index contributed by atoms with van der Waals surface area (Å²) in [6.45, 7) is 0. The standard InChI is InChI=1S/C13H18Se/c1-2-5-9-12(8-4-1)14-13-10-6-3-7-11-13/h3,6-7,10-12H,1-2,4-5,8-9H2. The molecule has 1 aliphatic carbocycles. The van der Waals surface area contributed by atoms with Crippen LogP contribution >= 0.6 is 0 Å². The molecule has 2 rings (SSSR count). The number of hydrogen-bond donors (Lipinski definition) is 0. The van der Waals surface area contributed by atoms with Crippen molar-refractivity contribution in [1.29, 1.82) is 0 Å². The molecule has 0 amide bonds. The van der Waals surface area contributed by atoms with Crippen LogP contribution in [0.5, 0.6) is 0 Å². The monoisotopic (exact) mass is 254 g/mol. The van der Waals surface area contributed by atoms with Gasteiger partial charge in [0.1, 0.15) is 0 Å². The van der Waals surface area contributed by atoms with Gasteiger partial charge in [-0.2, -0.15) is 0 Å². The van der Waals surface area contributed by atoms with Crippen LogP contribution in [0.2, 0.25) is 4.82 Å². The van der Waals surface area contributed by atoms with Crippen molar-refractivity contribution in [3.8, 4) is 0 Å². The van der Waals surface area contributed by atoms with Crippen molar-refractivity contribution in [3.05, 3.63) is 30.3 Å². The van der Waals surface area contributed by atoms with Gasteiger partial charge in [-0.1, -0.05) is 0 Å². The van der Waals surface area contributed by atoms with Crippen molar-refractivity contribution in [3.63, 3.8) is 0 Å². The minimum absolute atomic E-state index is 0.728. The predicted molar refractivity (Wildman–Crippen MR) is 63.3 cm³/mol. The molecule has 1 fully saturated rings. The zero-order valence-electron chi connectivity index (χ0n) is 8.61. The molecule has 1 aromatic rings.